The van der Waals surface area contributed by atoms with E-state index in [2.05, 4.69) is 165 Å². The molecule has 0 radical (unpaired) electrons. The van der Waals surface area contributed by atoms with Gasteiger partial charge < -0.3 is 30.1 Å². The molecule has 0 amide bonds. The lowest BCUT2D eigenvalue weighted by atomic mass is 9.90. The van der Waals surface area contributed by atoms with Crippen molar-refractivity contribution in [3.05, 3.63) is 334 Å². The summed E-state index contributed by atoms with van der Waals surface area (Å²) in [5, 5.41) is 99.1. The number of phenols is 1. The third-order valence-corrected chi connectivity index (χ3v) is 24.0. The molecule has 10 aromatic carbocycles. The van der Waals surface area contributed by atoms with Crippen LogP contribution in [-0.2, 0) is 27.0 Å². The molecular weight excluding hydrogens is 1850 g/mol. The first-order chi connectivity index (χ1) is 67.2. The van der Waals surface area contributed by atoms with E-state index < -0.39 is 11.4 Å². The summed E-state index contributed by atoms with van der Waals surface area (Å²) in [6.45, 7) is 35.7. The third-order valence-electron chi connectivity index (χ3n) is 20.8. The number of aryl methyl sites for hydroxylation is 10. The number of pyridine rings is 1. The number of carbonyl (C=O) groups is 2. The number of anilines is 5. The van der Waals surface area contributed by atoms with Gasteiger partial charge in [0.25, 0.3) is 11.5 Å². The highest BCUT2D eigenvalue weighted by molar-refractivity contribution is 7.20. The maximum Gasteiger partial charge on any atom is 0.308 e. The summed E-state index contributed by atoms with van der Waals surface area (Å²) in [5.41, 5.74) is 19.1. The number of fused-ring (bicyclic) bond motifs is 1. The quantitative estimate of drug-likeness (QED) is 0.0295. The van der Waals surface area contributed by atoms with Gasteiger partial charge >= 0.3 is 11.9 Å². The number of H-pyrrole nitrogens is 1. The molecule has 0 spiro atoms. The zero-order valence-electron chi connectivity index (χ0n) is 81.5. The molecule has 4 N–H and O–H groups in total. The number of nitriles is 3. The largest absolute Gasteiger partial charge is 0.505 e. The number of esters is 2. The van der Waals surface area contributed by atoms with Gasteiger partial charge in [-0.2, -0.15) is 56.0 Å². The van der Waals surface area contributed by atoms with Crippen molar-refractivity contribution in [3.63, 3.8) is 0 Å². The Hall–Kier alpha value is -16.5. The number of hydrogen-bond acceptors (Lipinski definition) is 29. The molecule has 35 heteroatoms. The number of para-hydroxylation sites is 1. The number of thiazole rings is 2. The minimum atomic E-state index is -0.446. The Morgan fingerprint density at radius 1 is 0.525 bits per heavy atom. The lowest BCUT2D eigenvalue weighted by molar-refractivity contribution is -0.132. The Balaban J connectivity index is 0.000000167. The highest BCUT2D eigenvalue weighted by Crippen LogP contribution is 2.44. The van der Waals surface area contributed by atoms with E-state index in [-0.39, 0.29) is 51.5 Å². The van der Waals surface area contributed by atoms with Crippen molar-refractivity contribution in [2.24, 2.45) is 51.1 Å². The molecule has 0 atom stereocenters. The highest BCUT2D eigenvalue weighted by atomic mass is 35.5. The minimum absolute atomic E-state index is 0.0330. The first-order valence-corrected chi connectivity index (χ1v) is 46.7. The van der Waals surface area contributed by atoms with Crippen LogP contribution in [0.25, 0.3) is 21.0 Å². The molecule has 16 rings (SSSR count). The fourth-order valence-electron chi connectivity index (χ4n) is 14.1. The summed E-state index contributed by atoms with van der Waals surface area (Å²) in [7, 11) is 3.86. The van der Waals surface area contributed by atoms with Crippen molar-refractivity contribution >= 4 is 154 Å². The summed E-state index contributed by atoms with van der Waals surface area (Å²) in [6, 6.07) is 75.2. The molecule has 0 saturated carbocycles. The number of nitrogens with zero attached hydrogens (tertiary/aromatic N) is 22. The van der Waals surface area contributed by atoms with Crippen LogP contribution in [-0.4, -0.2) is 75.2 Å². The molecule has 6 aromatic heterocycles. The van der Waals surface area contributed by atoms with Crippen LogP contribution in [0.5, 0.6) is 17.2 Å². The van der Waals surface area contributed by atoms with Gasteiger partial charge in [0.15, 0.2) is 39.7 Å². The van der Waals surface area contributed by atoms with Gasteiger partial charge in [-0.3, -0.25) is 24.0 Å². The number of hydrogen-bond donors (Lipinski definition) is 4. The summed E-state index contributed by atoms with van der Waals surface area (Å²) < 4.78 is 15.4. The maximum atomic E-state index is 12.6. The molecule has 31 nitrogen and oxygen atoms in total. The van der Waals surface area contributed by atoms with Crippen LogP contribution in [0.2, 0.25) is 10.0 Å². The van der Waals surface area contributed by atoms with Crippen molar-refractivity contribution in [1.29, 1.82) is 15.8 Å². The maximum absolute atomic E-state index is 12.6. The number of carbonyl (C=O) groups excluding carboxylic acids is 2. The minimum Gasteiger partial charge on any atom is -0.505 e. The monoisotopic (exact) mass is 1960 g/mol. The van der Waals surface area contributed by atoms with Crippen LogP contribution in [0.3, 0.4) is 0 Å². The van der Waals surface area contributed by atoms with E-state index in [1.165, 1.54) is 58.7 Å². The zero-order valence-corrected chi connectivity index (χ0v) is 84.6. The zero-order chi connectivity index (χ0) is 102. The van der Waals surface area contributed by atoms with E-state index in [4.69, 9.17) is 58.0 Å². The predicted octanol–water partition coefficient (Wildman–Crippen LogP) is 29.6. The molecule has 0 unspecified atom stereocenters. The fraction of sp³-hybridized carbons (Fsp3) is 0.217. The van der Waals surface area contributed by atoms with Gasteiger partial charge in [0, 0.05) is 61.2 Å². The molecule has 0 saturated heterocycles. The van der Waals surface area contributed by atoms with E-state index >= 15 is 0 Å². The van der Waals surface area contributed by atoms with Crippen LogP contribution >= 0.6 is 45.9 Å². The van der Waals surface area contributed by atoms with E-state index in [1.807, 2.05) is 194 Å². The Morgan fingerprint density at radius 3 is 1.62 bits per heavy atom. The molecule has 714 valence electrons. The number of rotatable bonds is 21. The molecular formula is C106H103Cl2N25O6S2. The summed E-state index contributed by atoms with van der Waals surface area (Å²) in [4.78, 5) is 55.8. The molecule has 141 heavy (non-hydrogen) atoms. The Bertz CT molecular complexity index is 7530. The lowest BCUT2D eigenvalue weighted by Gasteiger charge is -2.18. The lowest BCUT2D eigenvalue weighted by Crippen LogP contribution is -2.14. The normalized spacial score (nSPS) is 11.3. The van der Waals surface area contributed by atoms with Crippen molar-refractivity contribution in [2.75, 3.05) is 29.6 Å². The Kier molecular flexibility index (Phi) is 34.1. The fourth-order valence-corrected chi connectivity index (χ4v) is 16.4. The summed E-state index contributed by atoms with van der Waals surface area (Å²) in [6.07, 6.45) is 0. The number of aromatic amines is 1. The number of azo groups is 5. The molecule has 0 aliphatic carbocycles. The van der Waals surface area contributed by atoms with Crippen molar-refractivity contribution in [2.45, 2.75) is 142 Å². The number of aromatic hydroxyl groups is 1. The SMILES string of the molecule is CC(=O)Oc1ccc(N=Nc2ccc(C)cc2)c(O)c1.CC(=O)Oc1ccc(N=Nc2ccc(C)cc2)cc1.CN(C)c1nc(N=Nc2nc(C#N)c(C#N)n2Cc2ccccc2)c(C(C)(C)C)s1.Cc1[nH]n(-c2cc(Cl)ccc2Cl)c(=O)c1N=Nc1ccccc1.Cc1cc(C)c(Nc2cc(C)c(N=Nc3c(C#N)c(C(C)(C)C)nn3-c3nc4ccccc4s3)c(Nc3c(C)cc(C)cc3C)n2)c(C)c1. The number of nitrogens with one attached hydrogen (secondary N) is 3. The van der Waals surface area contributed by atoms with Crippen LogP contribution in [0, 0.1) is 103 Å². The topological polar surface area (TPSA) is 407 Å². The first-order valence-electron chi connectivity index (χ1n) is 44.3. The highest BCUT2D eigenvalue weighted by Gasteiger charge is 2.31. The summed E-state index contributed by atoms with van der Waals surface area (Å²) in [5.74, 6) is 2.16. The predicted molar refractivity (Wildman–Crippen MR) is 557 cm³/mol. The van der Waals surface area contributed by atoms with Gasteiger partial charge in [-0.15, -0.1) is 30.7 Å². The smallest absolute Gasteiger partial charge is 0.308 e. The molecule has 0 aliphatic rings. The summed E-state index contributed by atoms with van der Waals surface area (Å²) >= 11 is 15.2. The number of ether oxygens (including phenoxy) is 2. The van der Waals surface area contributed by atoms with E-state index in [0.717, 1.165) is 76.2 Å². The van der Waals surface area contributed by atoms with Crippen LogP contribution in [0.1, 0.15) is 144 Å². The number of benzene rings is 10. The van der Waals surface area contributed by atoms with E-state index in [9.17, 15) is 35.3 Å². The first kappa shape index (κ1) is 103. The van der Waals surface area contributed by atoms with Crippen molar-refractivity contribution in [3.8, 4) is 46.3 Å². The second-order valence-corrected chi connectivity index (χ2v) is 37.8. The average molecular weight is 1960 g/mol. The Labute approximate surface area is 834 Å². The van der Waals surface area contributed by atoms with Gasteiger partial charge in [-0.05, 0) is 212 Å². The molecule has 0 bridgehead atoms. The van der Waals surface area contributed by atoms with Gasteiger partial charge in [-0.1, -0.05) is 219 Å². The number of imidazole rings is 1. The third kappa shape index (κ3) is 27.5. The number of aromatic nitrogens is 9. The van der Waals surface area contributed by atoms with Crippen LogP contribution in [0.15, 0.2) is 280 Å². The second kappa shape index (κ2) is 46.6. The van der Waals surface area contributed by atoms with Gasteiger partial charge in [0.05, 0.1) is 66.5 Å². The standard InChI is InChI=1S/C39H41N9S.C21H22N8S.C16H12Cl2N4O.C15H14N2O3.C15H14N2O2/c1-21-15-23(3)32(24(4)16-21)42-31-19-27(7)34(36(43-31)44-33-25(5)17-22(2)18-26(33)6)45-46-37-28(20-40)35(39(8,9)10)47-48(37)38-41-29-13-11-12-14-30(29)49-38;1-21(2,3)17-18(25-20(30-17)28(4)5)26-27-19-24-15(11-22)16(12-23)29(19)13-14-9-7-6-8-10-14;1-10-15(20-19-12-5-3-2-4-6-12)16(23)22(21-10)14-9-11(17)7-8-13(14)18;1-10-3-5-12(6-4-10)16-17-14-8-7-13(9-15(14)19)20-11(2)18;1-11-3-5-13(6-4-11)16-17-14-7-9-15(10-8-14)19-12(2)18/h11-19H,1-10H3,(H2,42,43,44);6-10H,13H2,1-5H3;2-9,21H,1H3;3-9,19H,1-2H3;3-10H,1-2H3. The van der Waals surface area contributed by atoms with Crippen LogP contribution < -0.4 is 30.6 Å². The second-order valence-electron chi connectivity index (χ2n) is 35.0. The van der Waals surface area contributed by atoms with Gasteiger partial charge in [0.1, 0.15) is 58.2 Å². The van der Waals surface area contributed by atoms with Gasteiger partial charge in [-0.25, -0.2) is 14.6 Å². The van der Waals surface area contributed by atoms with Gasteiger partial charge in [0.2, 0.25) is 5.13 Å². The average Bonchev–Trinajstić information content (AvgIpc) is 1.60. The van der Waals surface area contributed by atoms with E-state index in [0.29, 0.717) is 102 Å². The van der Waals surface area contributed by atoms with Crippen molar-refractivity contribution in [1.82, 2.24) is 44.1 Å². The molecule has 16 aromatic rings. The molecule has 6 heterocycles. The Morgan fingerprint density at radius 2 is 1.06 bits per heavy atom. The van der Waals surface area contributed by atoms with Crippen LogP contribution in [0.4, 0.5) is 85.5 Å². The number of phenolic OH excluding ortho intramolecular Hbond substituents is 1. The molecule has 0 fully saturated rings. The number of halogens is 2. The molecule has 0 aliphatic heterocycles. The van der Waals surface area contributed by atoms with E-state index in [1.54, 1.807) is 88.2 Å². The van der Waals surface area contributed by atoms with Crippen molar-refractivity contribution < 1.29 is 24.2 Å².